The number of rotatable bonds is 6. The van der Waals surface area contributed by atoms with Gasteiger partial charge in [0.25, 0.3) is 0 Å². The maximum atomic E-state index is 11.4. The van der Waals surface area contributed by atoms with Gasteiger partial charge in [-0.3, -0.25) is 9.59 Å². The van der Waals surface area contributed by atoms with E-state index >= 15 is 0 Å². The second-order valence-electron chi connectivity index (χ2n) is 3.03. The lowest BCUT2D eigenvalue weighted by Crippen LogP contribution is -2.10. The molecule has 0 aliphatic rings. The fraction of sp³-hybridized carbons (Fsp3) is 0. The number of nitrogens with two attached hydrogens (primary N) is 1. The van der Waals surface area contributed by atoms with E-state index in [0.29, 0.717) is 6.07 Å². The van der Waals surface area contributed by atoms with Crippen LogP contribution in [0.1, 0.15) is 0 Å². The van der Waals surface area contributed by atoms with E-state index in [9.17, 15) is 26.4 Å². The Morgan fingerprint density at radius 2 is 1.21 bits per heavy atom. The normalized spacial score (nSPS) is 11.6. The molecular weight excluding hydrogens is 302 g/mol. The molecule has 9 nitrogen and oxygen atoms in total. The van der Waals surface area contributed by atoms with Crippen LogP contribution in [0, 0.1) is 0 Å². The van der Waals surface area contributed by atoms with Crippen LogP contribution in [0.4, 0.5) is 5.69 Å². The highest BCUT2D eigenvalue weighted by Crippen LogP contribution is 2.22. The number of hydrogen-bond acceptors (Lipinski definition) is 9. The van der Waals surface area contributed by atoms with Crippen LogP contribution in [-0.4, -0.2) is 29.8 Å². The van der Waals surface area contributed by atoms with Gasteiger partial charge < -0.3 is 14.1 Å². The zero-order valence-electron chi connectivity index (χ0n) is 9.05. The molecule has 0 spiro atoms. The third kappa shape index (κ3) is 3.42. The van der Waals surface area contributed by atoms with E-state index < -0.39 is 30.0 Å². The van der Waals surface area contributed by atoms with Crippen LogP contribution in [0.3, 0.4) is 0 Å². The third-order valence-electron chi connectivity index (χ3n) is 1.81. The highest BCUT2D eigenvalue weighted by molar-refractivity contribution is 7.88. The average Bonchev–Trinajstić information content (AvgIpc) is 2.28. The van der Waals surface area contributed by atoms with Crippen molar-refractivity contribution in [3.05, 3.63) is 18.2 Å². The zero-order valence-corrected chi connectivity index (χ0v) is 10.7. The van der Waals surface area contributed by atoms with E-state index in [0.717, 1.165) is 12.1 Å². The molecule has 0 fully saturated rings. The van der Waals surface area contributed by atoms with Crippen LogP contribution in [0.2, 0.25) is 0 Å². The van der Waals surface area contributed by atoms with Crippen molar-refractivity contribution in [3.63, 3.8) is 0 Å². The molecule has 1 aromatic carbocycles. The number of carbonyl (C=O) groups excluding carboxylic acids is 2. The number of anilines is 1. The van der Waals surface area contributed by atoms with Crippen molar-refractivity contribution in [2.24, 2.45) is 0 Å². The Hall–Kier alpha value is -2.14. The number of nitrogen functional groups attached to an aromatic ring is 1. The van der Waals surface area contributed by atoms with Gasteiger partial charge in [0, 0.05) is 5.69 Å². The minimum atomic E-state index is -4.49. The van der Waals surface area contributed by atoms with Crippen molar-refractivity contribution in [2.75, 3.05) is 5.73 Å². The van der Waals surface area contributed by atoms with Crippen LogP contribution >= 0.6 is 0 Å². The first-order chi connectivity index (χ1) is 8.73. The first kappa shape index (κ1) is 14.9. The molecule has 0 aliphatic heterocycles. The smallest absolute Gasteiger partial charge is 0.341 e. The quantitative estimate of drug-likeness (QED) is 0.396. The lowest BCUT2D eigenvalue weighted by Gasteiger charge is -2.06. The standard InChI is InChI=1S/C8H7NO8S2/c9-6-1-7(18(12,13)16-4-10)3-8(2-6)19(14,15)17-5-11/h1-5H,9H2. The number of carbonyl (C=O) groups is 2. The molecule has 0 amide bonds. The molecule has 0 aromatic heterocycles. The van der Waals surface area contributed by atoms with Crippen LogP contribution in [-0.2, 0) is 38.2 Å². The molecule has 0 saturated heterocycles. The summed E-state index contributed by atoms with van der Waals surface area (Å²) in [5.74, 6) is 0. The second-order valence-corrected chi connectivity index (χ2v) is 6.18. The van der Waals surface area contributed by atoms with E-state index in [4.69, 9.17) is 5.73 Å². The summed E-state index contributed by atoms with van der Waals surface area (Å²) in [5, 5.41) is 0. The molecule has 0 radical (unpaired) electrons. The molecule has 11 heteroatoms. The largest absolute Gasteiger partial charge is 0.399 e. The monoisotopic (exact) mass is 309 g/mol. The minimum absolute atomic E-state index is 0.247. The Morgan fingerprint density at radius 3 is 1.53 bits per heavy atom. The molecule has 1 rings (SSSR count). The SMILES string of the molecule is Nc1cc(S(=O)(=O)OC=O)cc(S(=O)(=O)OC=O)c1. The predicted octanol–water partition coefficient (Wildman–Crippen LogP) is -1.01. The van der Waals surface area contributed by atoms with Gasteiger partial charge in [-0.15, -0.1) is 0 Å². The summed E-state index contributed by atoms with van der Waals surface area (Å²) in [7, 11) is -8.97. The molecule has 0 unspecified atom stereocenters. The van der Waals surface area contributed by atoms with Gasteiger partial charge in [0.2, 0.25) is 0 Å². The summed E-state index contributed by atoms with van der Waals surface area (Å²) in [4.78, 5) is 18.7. The number of benzene rings is 1. The molecule has 0 atom stereocenters. The van der Waals surface area contributed by atoms with E-state index in [1.165, 1.54) is 0 Å². The van der Waals surface area contributed by atoms with E-state index in [2.05, 4.69) is 8.37 Å². The van der Waals surface area contributed by atoms with Crippen molar-refractivity contribution >= 4 is 38.9 Å². The summed E-state index contributed by atoms with van der Waals surface area (Å²) in [6, 6.07) is 2.38. The summed E-state index contributed by atoms with van der Waals surface area (Å²) in [5.41, 5.74) is 5.08. The molecule has 2 N–H and O–H groups in total. The maximum absolute atomic E-state index is 11.4. The number of hydrogen-bond donors (Lipinski definition) is 1. The van der Waals surface area contributed by atoms with Crippen LogP contribution in [0.5, 0.6) is 0 Å². The highest BCUT2D eigenvalue weighted by atomic mass is 32.2. The van der Waals surface area contributed by atoms with Gasteiger partial charge in [-0.1, -0.05) is 0 Å². The van der Waals surface area contributed by atoms with Crippen LogP contribution < -0.4 is 5.73 Å². The molecular formula is C8H7NO8S2. The fourth-order valence-electron chi connectivity index (χ4n) is 1.10. The summed E-state index contributed by atoms with van der Waals surface area (Å²) in [6.45, 7) is -0.677. The summed E-state index contributed by atoms with van der Waals surface area (Å²) >= 11 is 0. The third-order valence-corrected chi connectivity index (χ3v) is 4.10. The van der Waals surface area contributed by atoms with E-state index in [1.807, 2.05) is 0 Å². The molecule has 19 heavy (non-hydrogen) atoms. The van der Waals surface area contributed by atoms with Gasteiger partial charge in [-0.05, 0) is 18.2 Å². The lowest BCUT2D eigenvalue weighted by atomic mass is 10.3. The fourth-order valence-corrected chi connectivity index (χ4v) is 2.70. The van der Waals surface area contributed by atoms with Crippen molar-refractivity contribution in [1.82, 2.24) is 0 Å². The highest BCUT2D eigenvalue weighted by Gasteiger charge is 2.22. The second kappa shape index (κ2) is 5.24. The van der Waals surface area contributed by atoms with Gasteiger partial charge in [0.15, 0.2) is 0 Å². The Morgan fingerprint density at radius 1 is 0.842 bits per heavy atom. The predicted molar refractivity (Wildman–Crippen MR) is 59.5 cm³/mol. The van der Waals surface area contributed by atoms with Gasteiger partial charge in [0.05, 0.1) is 0 Å². The van der Waals surface area contributed by atoms with Crippen LogP contribution in [0.15, 0.2) is 28.0 Å². The van der Waals surface area contributed by atoms with Gasteiger partial charge in [-0.2, -0.15) is 16.8 Å². The average molecular weight is 309 g/mol. The minimum Gasteiger partial charge on any atom is -0.399 e. The zero-order chi connectivity index (χ0) is 14.7. The molecule has 0 aliphatic carbocycles. The Kier molecular flexibility index (Phi) is 4.11. The topological polar surface area (TPSA) is 147 Å². The first-order valence-electron chi connectivity index (χ1n) is 4.37. The van der Waals surface area contributed by atoms with Crippen molar-refractivity contribution < 1.29 is 34.8 Å². The Bertz CT molecular complexity index is 648. The first-order valence-corrected chi connectivity index (χ1v) is 7.19. The van der Waals surface area contributed by atoms with Crippen molar-refractivity contribution in [1.29, 1.82) is 0 Å². The Labute approximate surface area is 108 Å². The van der Waals surface area contributed by atoms with E-state index in [1.54, 1.807) is 0 Å². The van der Waals surface area contributed by atoms with Gasteiger partial charge >= 0.3 is 33.2 Å². The molecule has 0 saturated carbocycles. The summed E-state index contributed by atoms with van der Waals surface area (Å²) < 4.78 is 53.3. The summed E-state index contributed by atoms with van der Waals surface area (Å²) in [6.07, 6.45) is 0. The molecule has 0 bridgehead atoms. The lowest BCUT2D eigenvalue weighted by molar-refractivity contribution is -0.121. The Balaban J connectivity index is 3.46. The van der Waals surface area contributed by atoms with Gasteiger partial charge in [0.1, 0.15) is 9.79 Å². The van der Waals surface area contributed by atoms with Crippen molar-refractivity contribution in [2.45, 2.75) is 9.79 Å². The molecule has 104 valence electrons. The molecule has 1 aromatic rings. The van der Waals surface area contributed by atoms with Gasteiger partial charge in [-0.25, -0.2) is 0 Å². The molecule has 0 heterocycles. The van der Waals surface area contributed by atoms with Crippen molar-refractivity contribution in [3.8, 4) is 0 Å². The maximum Gasteiger partial charge on any atom is 0.341 e. The van der Waals surface area contributed by atoms with E-state index in [-0.39, 0.29) is 18.6 Å². The van der Waals surface area contributed by atoms with Crippen LogP contribution in [0.25, 0.3) is 0 Å².